The predicted molar refractivity (Wildman–Crippen MR) is 146 cm³/mol. The lowest BCUT2D eigenvalue weighted by atomic mass is 9.90. The number of aromatic hydroxyl groups is 1. The van der Waals surface area contributed by atoms with E-state index in [0.717, 1.165) is 5.39 Å². The molecule has 0 unspecified atom stereocenters. The van der Waals surface area contributed by atoms with Gasteiger partial charge in [-0.15, -0.1) is 0 Å². The minimum absolute atomic E-state index is 0.00493. The zero-order chi connectivity index (χ0) is 25.8. The summed E-state index contributed by atoms with van der Waals surface area (Å²) in [6, 6.07) is 21.1. The van der Waals surface area contributed by atoms with Gasteiger partial charge in [0.1, 0.15) is 16.9 Å². The van der Waals surface area contributed by atoms with Crippen LogP contribution in [0.15, 0.2) is 88.1 Å². The van der Waals surface area contributed by atoms with Crippen molar-refractivity contribution in [3.05, 3.63) is 100 Å². The Bertz CT molecular complexity index is 2010. The highest BCUT2D eigenvalue weighted by Gasteiger charge is 2.22. The molecule has 5 aromatic carbocycles. The molecule has 6 aromatic rings. The number of rotatable bonds is 3. The number of phenols is 1. The highest BCUT2D eigenvalue weighted by molar-refractivity contribution is 7.78. The Hall–Kier alpha value is -4.82. The summed E-state index contributed by atoms with van der Waals surface area (Å²) < 4.78 is 8.77. The number of fused-ring (bicyclic) bond motifs is 6. The maximum atomic E-state index is 12.4. The summed E-state index contributed by atoms with van der Waals surface area (Å²) in [5.74, 6) is -1.54. The van der Waals surface area contributed by atoms with Crippen molar-refractivity contribution in [2.45, 2.75) is 0 Å². The molecule has 0 saturated heterocycles. The molecule has 0 aliphatic carbocycles. The SMILES string of the molecule is O=C(NS)c1ccc(C(=O)O)c(-c2c3ccc4cc(O)ccc4c3oc3c2ccc2cc(=O)ccc23)c1. The number of carboxylic acids is 1. The Kier molecular flexibility index (Phi) is 5.13. The number of carbonyl (C=O) groups is 2. The minimum atomic E-state index is -1.16. The fourth-order valence-electron chi connectivity index (χ4n) is 4.86. The average Bonchev–Trinajstić information content (AvgIpc) is 2.90. The van der Waals surface area contributed by atoms with E-state index >= 15 is 0 Å². The van der Waals surface area contributed by atoms with E-state index < -0.39 is 11.9 Å². The third kappa shape index (κ3) is 3.57. The molecule has 8 heteroatoms. The predicted octanol–water partition coefficient (Wildman–Crippen LogP) is 5.90. The van der Waals surface area contributed by atoms with Crippen LogP contribution in [0.3, 0.4) is 0 Å². The summed E-state index contributed by atoms with van der Waals surface area (Å²) in [7, 11) is 0. The summed E-state index contributed by atoms with van der Waals surface area (Å²) in [4.78, 5) is 36.7. The molecular weight excluding hydrogens is 490 g/mol. The van der Waals surface area contributed by atoms with Crippen LogP contribution in [0.4, 0.5) is 0 Å². The number of amides is 1. The molecule has 0 aliphatic heterocycles. The quantitative estimate of drug-likeness (QED) is 0.135. The molecule has 7 nitrogen and oxygen atoms in total. The van der Waals surface area contributed by atoms with Crippen LogP contribution in [0.2, 0.25) is 0 Å². The van der Waals surface area contributed by atoms with Gasteiger partial charge in [-0.05, 0) is 83.1 Å². The summed E-state index contributed by atoms with van der Waals surface area (Å²) in [5.41, 5.74) is 1.91. The normalized spacial score (nSPS) is 11.4. The zero-order valence-corrected chi connectivity index (χ0v) is 19.9. The lowest BCUT2D eigenvalue weighted by molar-refractivity contribution is 0.0697. The molecule has 1 aromatic heterocycles. The number of aromatic carboxylic acids is 1. The standard InChI is InChI=1S/C29H17NO6S/c31-17-4-9-19-14(11-17)1-7-22-25(24-13-16(28(33)30-37)3-6-21(24)29(34)35)23-8-2-15-12-18(32)5-10-20(15)27(23)36-26(19)22/h1-13,31,37H,(H,30,33)(H,34,35). The van der Waals surface area contributed by atoms with Crippen molar-refractivity contribution in [1.29, 1.82) is 0 Å². The number of hydrogen-bond donors (Lipinski definition) is 4. The van der Waals surface area contributed by atoms with Crippen molar-refractivity contribution < 1.29 is 24.2 Å². The number of phenolic OH excluding ortho intramolecular Hbond substituents is 1. The summed E-state index contributed by atoms with van der Waals surface area (Å²) in [6.07, 6.45) is 0. The Morgan fingerprint density at radius 2 is 1.38 bits per heavy atom. The van der Waals surface area contributed by atoms with Gasteiger partial charge in [0.05, 0.1) is 5.56 Å². The molecule has 1 amide bonds. The van der Waals surface area contributed by atoms with Gasteiger partial charge in [0.15, 0.2) is 5.43 Å². The van der Waals surface area contributed by atoms with Crippen LogP contribution in [-0.4, -0.2) is 22.1 Å². The molecule has 1 heterocycles. The fourth-order valence-corrected chi connectivity index (χ4v) is 4.99. The molecular formula is C29H17NO6S. The van der Waals surface area contributed by atoms with E-state index in [9.17, 15) is 24.6 Å². The first-order valence-electron chi connectivity index (χ1n) is 11.2. The van der Waals surface area contributed by atoms with Crippen molar-refractivity contribution in [3.8, 4) is 16.9 Å². The van der Waals surface area contributed by atoms with Gasteiger partial charge in [-0.2, -0.15) is 0 Å². The number of thiol groups is 1. The van der Waals surface area contributed by atoms with Gasteiger partial charge in [-0.1, -0.05) is 24.9 Å². The molecule has 3 N–H and O–H groups in total. The van der Waals surface area contributed by atoms with E-state index in [1.54, 1.807) is 42.5 Å². The van der Waals surface area contributed by atoms with E-state index in [2.05, 4.69) is 17.5 Å². The van der Waals surface area contributed by atoms with Crippen molar-refractivity contribution in [2.24, 2.45) is 0 Å². The Morgan fingerprint density at radius 3 is 2.03 bits per heavy atom. The van der Waals surface area contributed by atoms with E-state index in [4.69, 9.17) is 4.42 Å². The van der Waals surface area contributed by atoms with Gasteiger partial charge in [0.25, 0.3) is 5.91 Å². The molecule has 0 saturated carbocycles. The molecule has 0 radical (unpaired) electrons. The first kappa shape index (κ1) is 22.6. The number of carbonyl (C=O) groups excluding carboxylic acids is 1. The van der Waals surface area contributed by atoms with Crippen molar-refractivity contribution >= 4 is 68.2 Å². The van der Waals surface area contributed by atoms with Crippen LogP contribution in [0.25, 0.3) is 54.6 Å². The topological polar surface area (TPSA) is 117 Å². The molecule has 37 heavy (non-hydrogen) atoms. The molecule has 6 rings (SSSR count). The number of hydrogen-bond acceptors (Lipinski definition) is 6. The van der Waals surface area contributed by atoms with Crippen molar-refractivity contribution in [1.82, 2.24) is 4.72 Å². The second-order valence-corrected chi connectivity index (χ2v) is 8.88. The highest BCUT2D eigenvalue weighted by Crippen LogP contribution is 2.43. The largest absolute Gasteiger partial charge is 0.508 e. The summed E-state index contributed by atoms with van der Waals surface area (Å²) >= 11 is 3.85. The Labute approximate surface area is 214 Å². The van der Waals surface area contributed by atoms with Crippen molar-refractivity contribution in [3.63, 3.8) is 0 Å². The smallest absolute Gasteiger partial charge is 0.336 e. The fraction of sp³-hybridized carbons (Fsp3) is 0. The second-order valence-electron chi connectivity index (χ2n) is 8.66. The van der Waals surface area contributed by atoms with E-state index in [1.807, 2.05) is 6.07 Å². The third-order valence-electron chi connectivity index (χ3n) is 6.52. The Balaban J connectivity index is 1.87. The first-order chi connectivity index (χ1) is 17.9. The van der Waals surface area contributed by atoms with Gasteiger partial charge >= 0.3 is 5.97 Å². The minimum Gasteiger partial charge on any atom is -0.508 e. The van der Waals surface area contributed by atoms with Crippen molar-refractivity contribution in [2.75, 3.05) is 0 Å². The maximum Gasteiger partial charge on any atom is 0.336 e. The monoisotopic (exact) mass is 507 g/mol. The molecule has 0 spiro atoms. The van der Waals surface area contributed by atoms with Gasteiger partial charge in [-0.3, -0.25) is 14.3 Å². The lowest BCUT2D eigenvalue weighted by Gasteiger charge is -2.16. The molecule has 0 aliphatic rings. The van der Waals surface area contributed by atoms with Crippen LogP contribution in [-0.2, 0) is 0 Å². The number of nitrogens with one attached hydrogen (secondary N) is 1. The summed E-state index contributed by atoms with van der Waals surface area (Å²) in [6.45, 7) is 0. The van der Waals surface area contributed by atoms with Crippen LogP contribution in [0.5, 0.6) is 5.75 Å². The van der Waals surface area contributed by atoms with Crippen LogP contribution < -0.4 is 10.2 Å². The second kappa shape index (κ2) is 8.39. The Morgan fingerprint density at radius 1 is 0.757 bits per heavy atom. The van der Waals surface area contributed by atoms with Gasteiger partial charge in [0.2, 0.25) is 0 Å². The van der Waals surface area contributed by atoms with E-state index in [-0.39, 0.29) is 22.3 Å². The third-order valence-corrected chi connectivity index (χ3v) is 6.72. The van der Waals surface area contributed by atoms with E-state index in [1.165, 1.54) is 30.3 Å². The van der Waals surface area contributed by atoms with Gasteiger partial charge in [0, 0.05) is 32.7 Å². The molecule has 0 atom stereocenters. The van der Waals surface area contributed by atoms with Gasteiger partial charge in [-0.25, -0.2) is 4.79 Å². The number of benzene rings is 5. The average molecular weight is 508 g/mol. The molecule has 180 valence electrons. The highest BCUT2D eigenvalue weighted by atomic mass is 32.1. The van der Waals surface area contributed by atoms with Crippen LogP contribution in [0, 0.1) is 0 Å². The van der Waals surface area contributed by atoms with Crippen LogP contribution >= 0.6 is 12.8 Å². The van der Waals surface area contributed by atoms with Gasteiger partial charge < -0.3 is 14.6 Å². The number of carboxylic acid groups (broad SMARTS) is 1. The zero-order valence-electron chi connectivity index (χ0n) is 19.0. The lowest BCUT2D eigenvalue weighted by Crippen LogP contribution is -2.13. The molecule has 0 bridgehead atoms. The maximum absolute atomic E-state index is 12.4. The molecule has 0 fully saturated rings. The summed E-state index contributed by atoms with van der Waals surface area (Å²) in [5, 5.41) is 24.1. The first-order valence-corrected chi connectivity index (χ1v) is 11.7. The van der Waals surface area contributed by atoms with E-state index in [0.29, 0.717) is 49.2 Å². The van der Waals surface area contributed by atoms with Crippen LogP contribution in [0.1, 0.15) is 20.7 Å².